The molecule has 7 aromatic rings. The Bertz CT molecular complexity index is 2210. The van der Waals surface area contributed by atoms with Gasteiger partial charge >= 0.3 is 5.97 Å². The quantitative estimate of drug-likeness (QED) is 0.118. The molecule has 0 aromatic heterocycles. The zero-order valence-electron chi connectivity index (χ0n) is 28.8. The first-order valence-electron chi connectivity index (χ1n) is 17.5. The highest BCUT2D eigenvalue weighted by Gasteiger charge is 2.25. The van der Waals surface area contributed by atoms with Crippen molar-refractivity contribution in [3.63, 3.8) is 0 Å². The standard InChI is InChI=1S/C47H37ClN2O3/c48-41-28-29-43(42(31-41)46(51)50-44(47(52)53)30-32-16-18-36(19-17-32)33-10-4-1-5-11-33)49-45(39-24-20-37(21-25-39)34-12-6-2-7-13-34)40-26-22-38(23-27-40)35-14-8-3-9-15-35/h1-29,31,44-45,49H,30H2,(H,50,51)(H,52,53)/t44-/m0/s1. The van der Waals surface area contributed by atoms with Crippen LogP contribution in [0.1, 0.15) is 33.1 Å². The van der Waals surface area contributed by atoms with Gasteiger partial charge in [0.2, 0.25) is 0 Å². The first-order valence-corrected chi connectivity index (χ1v) is 17.8. The number of hydrogen-bond donors (Lipinski definition) is 3. The minimum Gasteiger partial charge on any atom is -0.480 e. The number of carboxylic acid groups (broad SMARTS) is 1. The Morgan fingerprint density at radius 3 is 1.38 bits per heavy atom. The van der Waals surface area contributed by atoms with E-state index < -0.39 is 17.9 Å². The van der Waals surface area contributed by atoms with Crippen molar-refractivity contribution in [3.8, 4) is 33.4 Å². The molecule has 0 radical (unpaired) electrons. The van der Waals surface area contributed by atoms with Crippen molar-refractivity contribution < 1.29 is 14.7 Å². The van der Waals surface area contributed by atoms with Gasteiger partial charge in [0.1, 0.15) is 6.04 Å². The summed E-state index contributed by atoms with van der Waals surface area (Å²) in [6.45, 7) is 0. The van der Waals surface area contributed by atoms with Crippen molar-refractivity contribution in [2.45, 2.75) is 18.5 Å². The zero-order chi connectivity index (χ0) is 36.6. The second kappa shape index (κ2) is 16.3. The molecule has 1 amide bonds. The summed E-state index contributed by atoms with van der Waals surface area (Å²) in [6, 6.07) is 58.3. The summed E-state index contributed by atoms with van der Waals surface area (Å²) in [5.74, 6) is -1.67. The Hall–Kier alpha value is -6.43. The lowest BCUT2D eigenvalue weighted by Crippen LogP contribution is -2.42. The van der Waals surface area contributed by atoms with Crippen molar-refractivity contribution in [1.82, 2.24) is 5.32 Å². The number of hydrogen-bond acceptors (Lipinski definition) is 3. The predicted molar refractivity (Wildman–Crippen MR) is 215 cm³/mol. The summed E-state index contributed by atoms with van der Waals surface area (Å²) in [7, 11) is 0. The van der Waals surface area contributed by atoms with Crippen LogP contribution in [0.5, 0.6) is 0 Å². The molecule has 0 aliphatic carbocycles. The SMILES string of the molecule is O=C(N[C@@H](Cc1ccc(-c2ccccc2)cc1)C(=O)O)c1cc(Cl)ccc1NC(c1ccc(-c2ccccc2)cc1)c1ccc(-c2ccccc2)cc1. The molecule has 0 bridgehead atoms. The van der Waals surface area contributed by atoms with Crippen LogP contribution in [0.3, 0.4) is 0 Å². The third kappa shape index (κ3) is 8.55. The van der Waals surface area contributed by atoms with Gasteiger partial charge in [-0.1, -0.05) is 175 Å². The van der Waals surface area contributed by atoms with Crippen molar-refractivity contribution in [3.05, 3.63) is 209 Å². The van der Waals surface area contributed by atoms with Gasteiger partial charge in [-0.3, -0.25) is 4.79 Å². The van der Waals surface area contributed by atoms with Crippen molar-refractivity contribution in [2.75, 3.05) is 5.32 Å². The molecule has 0 saturated carbocycles. The number of anilines is 1. The summed E-state index contributed by atoms with van der Waals surface area (Å²) in [4.78, 5) is 26.4. The summed E-state index contributed by atoms with van der Waals surface area (Å²) in [5.41, 5.74) is 10.0. The molecule has 5 nitrogen and oxygen atoms in total. The van der Waals surface area contributed by atoms with E-state index in [4.69, 9.17) is 11.6 Å². The zero-order valence-corrected chi connectivity index (χ0v) is 29.6. The normalized spacial score (nSPS) is 11.5. The molecule has 1 atom stereocenters. The van der Waals surface area contributed by atoms with Gasteiger partial charge in [0, 0.05) is 17.1 Å². The Balaban J connectivity index is 1.17. The second-order valence-electron chi connectivity index (χ2n) is 12.9. The first-order chi connectivity index (χ1) is 25.9. The minimum atomic E-state index is -1.16. The van der Waals surface area contributed by atoms with Crippen LogP contribution in [0.2, 0.25) is 5.02 Å². The monoisotopic (exact) mass is 712 g/mol. The lowest BCUT2D eigenvalue weighted by atomic mass is 9.94. The number of carboxylic acids is 1. The van der Waals surface area contributed by atoms with Crippen LogP contribution >= 0.6 is 11.6 Å². The average molecular weight is 713 g/mol. The van der Waals surface area contributed by atoms with Gasteiger partial charge in [-0.15, -0.1) is 0 Å². The van der Waals surface area contributed by atoms with E-state index in [1.54, 1.807) is 18.2 Å². The van der Waals surface area contributed by atoms with E-state index in [0.717, 1.165) is 50.1 Å². The lowest BCUT2D eigenvalue weighted by Gasteiger charge is -2.24. The van der Waals surface area contributed by atoms with Gasteiger partial charge in [0.05, 0.1) is 11.6 Å². The molecule has 0 unspecified atom stereocenters. The molecule has 0 saturated heterocycles. The molecule has 7 rings (SSSR count). The van der Waals surface area contributed by atoms with Gasteiger partial charge in [-0.05, 0) is 68.3 Å². The Morgan fingerprint density at radius 1 is 0.528 bits per heavy atom. The smallest absolute Gasteiger partial charge is 0.326 e. The van der Waals surface area contributed by atoms with E-state index in [2.05, 4.69) is 83.4 Å². The molecule has 0 aliphatic rings. The molecule has 53 heavy (non-hydrogen) atoms. The third-order valence-electron chi connectivity index (χ3n) is 9.33. The number of carbonyl (C=O) groups is 2. The highest BCUT2D eigenvalue weighted by Crippen LogP contribution is 2.33. The maximum atomic E-state index is 13.9. The average Bonchev–Trinajstić information content (AvgIpc) is 3.21. The number of amides is 1. The van der Waals surface area contributed by atoms with Gasteiger partial charge in [-0.2, -0.15) is 0 Å². The highest BCUT2D eigenvalue weighted by molar-refractivity contribution is 6.31. The number of nitrogens with one attached hydrogen (secondary N) is 2. The van der Waals surface area contributed by atoms with Crippen LogP contribution in [0.25, 0.3) is 33.4 Å². The Kier molecular flexibility index (Phi) is 10.7. The minimum absolute atomic E-state index is 0.115. The van der Waals surface area contributed by atoms with E-state index in [1.807, 2.05) is 91.0 Å². The first kappa shape index (κ1) is 35.0. The number of aliphatic carboxylic acids is 1. The van der Waals surface area contributed by atoms with Crippen molar-refractivity contribution >= 4 is 29.2 Å². The molecule has 3 N–H and O–H groups in total. The summed E-state index contributed by atoms with van der Waals surface area (Å²) in [5, 5.41) is 16.9. The van der Waals surface area contributed by atoms with Gasteiger partial charge in [0.15, 0.2) is 0 Å². The van der Waals surface area contributed by atoms with Gasteiger partial charge < -0.3 is 15.7 Å². The Morgan fingerprint density at radius 2 is 0.943 bits per heavy atom. The lowest BCUT2D eigenvalue weighted by molar-refractivity contribution is -0.139. The van der Waals surface area contributed by atoms with Crippen LogP contribution in [0.15, 0.2) is 182 Å². The van der Waals surface area contributed by atoms with E-state index >= 15 is 0 Å². The Labute approximate surface area is 314 Å². The van der Waals surface area contributed by atoms with Crippen LogP contribution in [-0.4, -0.2) is 23.0 Å². The molecular weight excluding hydrogens is 676 g/mol. The van der Waals surface area contributed by atoms with Gasteiger partial charge in [0.25, 0.3) is 5.91 Å². The fraction of sp³-hybridized carbons (Fsp3) is 0.0638. The van der Waals surface area contributed by atoms with Crippen LogP contribution < -0.4 is 10.6 Å². The van der Waals surface area contributed by atoms with E-state index in [9.17, 15) is 14.7 Å². The molecule has 0 spiro atoms. The molecule has 0 fully saturated rings. The van der Waals surface area contributed by atoms with E-state index in [1.165, 1.54) is 0 Å². The van der Waals surface area contributed by atoms with E-state index in [0.29, 0.717) is 10.7 Å². The summed E-state index contributed by atoms with van der Waals surface area (Å²) in [6.07, 6.45) is 0.115. The van der Waals surface area contributed by atoms with E-state index in [-0.39, 0.29) is 18.0 Å². The largest absolute Gasteiger partial charge is 0.480 e. The van der Waals surface area contributed by atoms with Gasteiger partial charge in [-0.25, -0.2) is 4.79 Å². The summed E-state index contributed by atoms with van der Waals surface area (Å²) < 4.78 is 0. The van der Waals surface area contributed by atoms with Crippen LogP contribution in [0.4, 0.5) is 5.69 Å². The number of benzene rings is 7. The molecule has 0 aliphatic heterocycles. The fourth-order valence-electron chi connectivity index (χ4n) is 6.48. The number of halogens is 1. The molecule has 7 aromatic carbocycles. The summed E-state index contributed by atoms with van der Waals surface area (Å²) >= 11 is 6.45. The molecule has 260 valence electrons. The second-order valence-corrected chi connectivity index (χ2v) is 13.3. The van der Waals surface area contributed by atoms with Crippen LogP contribution in [0, 0.1) is 0 Å². The van der Waals surface area contributed by atoms with Crippen molar-refractivity contribution in [2.24, 2.45) is 0 Å². The molecule has 6 heteroatoms. The predicted octanol–water partition coefficient (Wildman–Crippen LogP) is 11.0. The topological polar surface area (TPSA) is 78.4 Å². The highest BCUT2D eigenvalue weighted by atomic mass is 35.5. The number of rotatable bonds is 12. The maximum Gasteiger partial charge on any atom is 0.326 e. The molecular formula is C47H37ClN2O3. The maximum absolute atomic E-state index is 13.9. The molecule has 0 heterocycles. The van der Waals surface area contributed by atoms with Crippen LogP contribution in [-0.2, 0) is 11.2 Å². The number of carbonyl (C=O) groups excluding carboxylic acids is 1. The third-order valence-corrected chi connectivity index (χ3v) is 9.57. The van der Waals surface area contributed by atoms with Crippen molar-refractivity contribution in [1.29, 1.82) is 0 Å². The fourth-order valence-corrected chi connectivity index (χ4v) is 6.65.